The molecule has 0 saturated carbocycles. The molecule has 0 bridgehead atoms. The minimum atomic E-state index is -0.342. The maximum absolute atomic E-state index is 13.2. The molecule has 0 spiro atoms. The molecule has 1 aromatic heterocycles. The van der Waals surface area contributed by atoms with Gasteiger partial charge in [0.05, 0.1) is 5.69 Å². The highest BCUT2D eigenvalue weighted by Crippen LogP contribution is 2.33. The van der Waals surface area contributed by atoms with E-state index in [0.717, 1.165) is 17.5 Å². The molecule has 108 valence electrons. The summed E-state index contributed by atoms with van der Waals surface area (Å²) in [7, 11) is 0. The van der Waals surface area contributed by atoms with E-state index >= 15 is 0 Å². The van der Waals surface area contributed by atoms with E-state index < -0.39 is 0 Å². The third kappa shape index (κ3) is 2.93. The number of fused-ring (bicyclic) bond motifs is 1. The topological polar surface area (TPSA) is 55.1 Å². The van der Waals surface area contributed by atoms with Gasteiger partial charge in [-0.1, -0.05) is 26.7 Å². The van der Waals surface area contributed by atoms with Crippen LogP contribution in [-0.2, 0) is 0 Å². The fraction of sp³-hybridized carbons (Fsp3) is 0.400. The van der Waals surface area contributed by atoms with Gasteiger partial charge in [0, 0.05) is 16.6 Å². The Hall–Kier alpha value is -1.62. The van der Waals surface area contributed by atoms with Gasteiger partial charge >= 0.3 is 0 Å². The summed E-state index contributed by atoms with van der Waals surface area (Å²) in [6.45, 7) is 4.86. The van der Waals surface area contributed by atoms with Crippen LogP contribution in [0.3, 0.4) is 0 Å². The van der Waals surface area contributed by atoms with Crippen LogP contribution in [0.1, 0.15) is 36.4 Å². The molecule has 1 heterocycles. The molecule has 1 aromatic carbocycles. The predicted molar refractivity (Wildman–Crippen MR) is 82.6 cm³/mol. The molecule has 2 rings (SSSR count). The summed E-state index contributed by atoms with van der Waals surface area (Å²) in [5.74, 6) is -0.0333. The summed E-state index contributed by atoms with van der Waals surface area (Å²) in [6.07, 6.45) is 2.06. The number of anilines is 1. The van der Waals surface area contributed by atoms with Crippen LogP contribution in [0.15, 0.2) is 18.2 Å². The number of nitrogens with one attached hydrogen (secondary N) is 1. The Morgan fingerprint density at radius 2 is 2.10 bits per heavy atom. The van der Waals surface area contributed by atoms with Crippen LogP contribution in [0, 0.1) is 11.7 Å². The van der Waals surface area contributed by atoms with Crippen molar-refractivity contribution in [1.82, 2.24) is 5.32 Å². The van der Waals surface area contributed by atoms with Crippen LogP contribution >= 0.6 is 11.3 Å². The Morgan fingerprint density at radius 3 is 2.75 bits per heavy atom. The van der Waals surface area contributed by atoms with Gasteiger partial charge < -0.3 is 11.1 Å². The first kappa shape index (κ1) is 14.8. The lowest BCUT2D eigenvalue weighted by molar-refractivity contribution is 0.0951. The lowest BCUT2D eigenvalue weighted by atomic mass is 10.0. The van der Waals surface area contributed by atoms with Crippen molar-refractivity contribution in [2.75, 3.05) is 12.3 Å². The quantitative estimate of drug-likeness (QED) is 0.881. The van der Waals surface area contributed by atoms with Gasteiger partial charge in [0.1, 0.15) is 10.7 Å². The van der Waals surface area contributed by atoms with Gasteiger partial charge in [-0.25, -0.2) is 4.39 Å². The fourth-order valence-electron chi connectivity index (χ4n) is 2.15. The highest BCUT2D eigenvalue weighted by atomic mass is 32.1. The van der Waals surface area contributed by atoms with Crippen LogP contribution in [0.5, 0.6) is 0 Å². The first-order chi connectivity index (χ1) is 9.56. The van der Waals surface area contributed by atoms with Crippen LogP contribution in [0.2, 0.25) is 0 Å². The minimum Gasteiger partial charge on any atom is -0.397 e. The molecule has 0 unspecified atom stereocenters. The van der Waals surface area contributed by atoms with E-state index in [9.17, 15) is 9.18 Å². The second-order valence-corrected chi connectivity index (χ2v) is 5.93. The number of hydrogen-bond donors (Lipinski definition) is 2. The molecule has 20 heavy (non-hydrogen) atoms. The van der Waals surface area contributed by atoms with Crippen molar-refractivity contribution in [2.24, 2.45) is 5.92 Å². The Labute approximate surface area is 122 Å². The first-order valence-corrected chi connectivity index (χ1v) is 7.64. The standard InChI is InChI=1S/C15H19FN2OS/c1-3-9(4-2)8-18-15(19)14-13(17)11-7-10(16)5-6-12(11)20-14/h5-7,9H,3-4,8,17H2,1-2H3,(H,18,19). The fourth-order valence-corrected chi connectivity index (χ4v) is 3.17. The Morgan fingerprint density at radius 1 is 1.40 bits per heavy atom. The van der Waals surface area contributed by atoms with Crippen molar-refractivity contribution in [3.8, 4) is 0 Å². The number of nitrogen functional groups attached to an aromatic ring is 1. The van der Waals surface area contributed by atoms with E-state index in [0.29, 0.717) is 28.4 Å². The number of amides is 1. The van der Waals surface area contributed by atoms with E-state index in [4.69, 9.17) is 5.73 Å². The zero-order chi connectivity index (χ0) is 14.7. The first-order valence-electron chi connectivity index (χ1n) is 6.82. The molecule has 2 aromatic rings. The maximum Gasteiger partial charge on any atom is 0.263 e. The molecule has 0 fully saturated rings. The van der Waals surface area contributed by atoms with Crippen molar-refractivity contribution < 1.29 is 9.18 Å². The smallest absolute Gasteiger partial charge is 0.263 e. The highest BCUT2D eigenvalue weighted by molar-refractivity contribution is 7.21. The van der Waals surface area contributed by atoms with Gasteiger partial charge in [-0.3, -0.25) is 4.79 Å². The van der Waals surface area contributed by atoms with Gasteiger partial charge in [-0.15, -0.1) is 11.3 Å². The van der Waals surface area contributed by atoms with E-state index in [-0.39, 0.29) is 11.7 Å². The number of carbonyl (C=O) groups excluding carboxylic acids is 1. The normalized spacial score (nSPS) is 11.2. The Bertz CT molecular complexity index is 620. The van der Waals surface area contributed by atoms with Gasteiger partial charge in [0.2, 0.25) is 0 Å². The third-order valence-electron chi connectivity index (χ3n) is 3.60. The number of thiophene rings is 1. The lowest BCUT2D eigenvalue weighted by Crippen LogP contribution is -2.28. The van der Waals surface area contributed by atoms with Crippen molar-refractivity contribution in [1.29, 1.82) is 0 Å². The van der Waals surface area contributed by atoms with Gasteiger partial charge in [0.25, 0.3) is 5.91 Å². The molecule has 3 N–H and O–H groups in total. The van der Waals surface area contributed by atoms with Crippen LogP contribution < -0.4 is 11.1 Å². The number of hydrogen-bond acceptors (Lipinski definition) is 3. The monoisotopic (exact) mass is 294 g/mol. The summed E-state index contributed by atoms with van der Waals surface area (Å²) in [5.41, 5.74) is 6.33. The van der Waals surface area contributed by atoms with Crippen molar-refractivity contribution in [3.63, 3.8) is 0 Å². The largest absolute Gasteiger partial charge is 0.397 e. The highest BCUT2D eigenvalue weighted by Gasteiger charge is 2.17. The molecule has 1 amide bonds. The zero-order valence-electron chi connectivity index (χ0n) is 11.7. The third-order valence-corrected chi connectivity index (χ3v) is 4.79. The van der Waals surface area contributed by atoms with Crippen molar-refractivity contribution >= 4 is 33.0 Å². The van der Waals surface area contributed by atoms with E-state index in [1.54, 1.807) is 6.07 Å². The predicted octanol–water partition coefficient (Wildman–Crippen LogP) is 3.79. The molecule has 0 aliphatic rings. The van der Waals surface area contributed by atoms with Gasteiger partial charge in [-0.05, 0) is 24.1 Å². The molecule has 3 nitrogen and oxygen atoms in total. The maximum atomic E-state index is 13.2. The molecule has 0 atom stereocenters. The molecule has 0 saturated heterocycles. The average molecular weight is 294 g/mol. The zero-order valence-corrected chi connectivity index (χ0v) is 12.5. The van der Waals surface area contributed by atoms with Crippen molar-refractivity contribution in [3.05, 3.63) is 28.9 Å². The number of halogens is 1. The molecule has 5 heteroatoms. The summed E-state index contributed by atoms with van der Waals surface area (Å²) >= 11 is 1.30. The second-order valence-electron chi connectivity index (χ2n) is 4.88. The molecular weight excluding hydrogens is 275 g/mol. The molecule has 0 aliphatic heterocycles. The lowest BCUT2D eigenvalue weighted by Gasteiger charge is -2.12. The summed E-state index contributed by atoms with van der Waals surface area (Å²) in [4.78, 5) is 12.7. The number of rotatable bonds is 5. The summed E-state index contributed by atoms with van der Waals surface area (Å²) < 4.78 is 14.1. The Kier molecular flexibility index (Phi) is 4.60. The number of nitrogens with two attached hydrogens (primary N) is 1. The van der Waals surface area contributed by atoms with Gasteiger partial charge in [0.15, 0.2) is 0 Å². The minimum absolute atomic E-state index is 0.170. The van der Waals surface area contributed by atoms with E-state index in [1.165, 1.54) is 23.5 Å². The SMILES string of the molecule is CCC(CC)CNC(=O)c1sc2ccc(F)cc2c1N. The number of carbonyl (C=O) groups is 1. The second kappa shape index (κ2) is 6.22. The number of benzene rings is 1. The van der Waals surface area contributed by atoms with Crippen LogP contribution in [0.4, 0.5) is 10.1 Å². The van der Waals surface area contributed by atoms with Crippen LogP contribution in [0.25, 0.3) is 10.1 Å². The van der Waals surface area contributed by atoms with Gasteiger partial charge in [-0.2, -0.15) is 0 Å². The molecular formula is C15H19FN2OS. The summed E-state index contributed by atoms with van der Waals surface area (Å²) in [6, 6.07) is 4.41. The van der Waals surface area contributed by atoms with Crippen LogP contribution in [-0.4, -0.2) is 12.5 Å². The van der Waals surface area contributed by atoms with E-state index in [2.05, 4.69) is 19.2 Å². The van der Waals surface area contributed by atoms with Crippen molar-refractivity contribution in [2.45, 2.75) is 26.7 Å². The van der Waals surface area contributed by atoms with E-state index in [1.807, 2.05) is 0 Å². The molecule has 0 aliphatic carbocycles. The summed E-state index contributed by atoms with van der Waals surface area (Å²) in [5, 5.41) is 3.53. The Balaban J connectivity index is 2.20. The molecule has 0 radical (unpaired) electrons. The average Bonchev–Trinajstić information content (AvgIpc) is 2.77.